The molecule has 2 unspecified atom stereocenters. The van der Waals surface area contributed by atoms with Gasteiger partial charge in [-0.3, -0.25) is 14.3 Å². The zero-order valence-electron chi connectivity index (χ0n) is 11.2. The van der Waals surface area contributed by atoms with E-state index in [-0.39, 0.29) is 5.56 Å². The molecule has 0 bridgehead atoms. The molecule has 0 spiro atoms. The maximum atomic E-state index is 14.8. The Morgan fingerprint density at radius 2 is 2.05 bits per heavy atom. The molecule has 2 N–H and O–H groups in total. The number of hydrogen-bond donors (Lipinski definition) is 2. The Morgan fingerprint density at radius 1 is 1.47 bits per heavy atom. The highest BCUT2D eigenvalue weighted by atomic mass is 19.1. The van der Waals surface area contributed by atoms with Gasteiger partial charge in [-0.05, 0) is 27.7 Å². The molecule has 1 aromatic heterocycles. The van der Waals surface area contributed by atoms with E-state index in [1.807, 2.05) is 0 Å². The highest BCUT2D eigenvalue weighted by Gasteiger charge is 2.61. The number of hydrogen-bond acceptors (Lipinski definition) is 4. The second-order valence-corrected chi connectivity index (χ2v) is 5.33. The monoisotopic (exact) mass is 272 g/mol. The summed E-state index contributed by atoms with van der Waals surface area (Å²) in [4.78, 5) is 25.2. The summed E-state index contributed by atoms with van der Waals surface area (Å²) in [5.74, 6) is 0. The summed E-state index contributed by atoms with van der Waals surface area (Å²) in [7, 11) is 0. The zero-order valence-corrected chi connectivity index (χ0v) is 11.2. The summed E-state index contributed by atoms with van der Waals surface area (Å²) < 4.78 is 21.1. The molecule has 106 valence electrons. The maximum Gasteiger partial charge on any atom is 0.330 e. The van der Waals surface area contributed by atoms with Crippen LogP contribution in [0.2, 0.25) is 0 Å². The van der Waals surface area contributed by atoms with E-state index in [9.17, 15) is 19.1 Å². The number of ether oxygens (including phenoxy) is 1. The van der Waals surface area contributed by atoms with Crippen molar-refractivity contribution in [3.63, 3.8) is 0 Å². The van der Waals surface area contributed by atoms with Gasteiger partial charge in [-0.15, -0.1) is 0 Å². The van der Waals surface area contributed by atoms with Crippen LogP contribution < -0.4 is 11.2 Å². The Balaban J connectivity index is 2.59. The summed E-state index contributed by atoms with van der Waals surface area (Å²) in [5, 5.41) is 10.1. The summed E-state index contributed by atoms with van der Waals surface area (Å²) in [6, 6.07) is 0. The fourth-order valence-electron chi connectivity index (χ4n) is 2.19. The van der Waals surface area contributed by atoms with Crippen molar-refractivity contribution < 1.29 is 14.2 Å². The first-order chi connectivity index (χ1) is 8.59. The van der Waals surface area contributed by atoms with Crippen molar-refractivity contribution in [1.29, 1.82) is 0 Å². The van der Waals surface area contributed by atoms with E-state index in [2.05, 4.69) is 4.98 Å². The smallest absolute Gasteiger partial charge is 0.330 e. The molecule has 0 aliphatic carbocycles. The van der Waals surface area contributed by atoms with Crippen LogP contribution in [0.15, 0.2) is 15.8 Å². The Hall–Kier alpha value is -1.47. The molecule has 7 heteroatoms. The SMILES string of the molecule is Cc1cn(C2O[C@H](C)C(C)(O)[C@@]2(C)F)c(=O)[nH]c1=O. The molecular weight excluding hydrogens is 255 g/mol. The minimum absolute atomic E-state index is 0.262. The lowest BCUT2D eigenvalue weighted by Gasteiger charge is -2.32. The number of alkyl halides is 1. The number of H-pyrrole nitrogens is 1. The zero-order chi connectivity index (χ0) is 14.6. The van der Waals surface area contributed by atoms with Crippen molar-refractivity contribution in [2.45, 2.75) is 51.3 Å². The van der Waals surface area contributed by atoms with Crippen LogP contribution in [0.25, 0.3) is 0 Å². The lowest BCUT2D eigenvalue weighted by Crippen LogP contribution is -2.51. The molecule has 1 aromatic rings. The molecule has 0 aromatic carbocycles. The predicted molar refractivity (Wildman–Crippen MR) is 65.8 cm³/mol. The van der Waals surface area contributed by atoms with Crippen molar-refractivity contribution in [3.8, 4) is 0 Å². The minimum Gasteiger partial charge on any atom is -0.384 e. The molecule has 2 heterocycles. The molecule has 1 saturated heterocycles. The van der Waals surface area contributed by atoms with Gasteiger partial charge in [-0.25, -0.2) is 9.18 Å². The summed E-state index contributed by atoms with van der Waals surface area (Å²) >= 11 is 0. The first kappa shape index (κ1) is 14.0. The Labute approximate surface area is 108 Å². The molecule has 19 heavy (non-hydrogen) atoms. The first-order valence-electron chi connectivity index (χ1n) is 5.98. The van der Waals surface area contributed by atoms with E-state index in [0.29, 0.717) is 0 Å². The van der Waals surface area contributed by atoms with Crippen LogP contribution in [-0.2, 0) is 4.74 Å². The van der Waals surface area contributed by atoms with Crippen molar-refractivity contribution in [3.05, 3.63) is 32.6 Å². The summed E-state index contributed by atoms with van der Waals surface area (Å²) in [6.07, 6.45) is -0.843. The Bertz CT molecular complexity index is 617. The van der Waals surface area contributed by atoms with Gasteiger partial charge in [0.25, 0.3) is 5.56 Å². The van der Waals surface area contributed by atoms with Crippen molar-refractivity contribution in [2.75, 3.05) is 0 Å². The maximum absolute atomic E-state index is 14.8. The summed E-state index contributed by atoms with van der Waals surface area (Å²) in [5.41, 5.74) is -4.94. The number of nitrogens with zero attached hydrogens (tertiary/aromatic N) is 1. The molecule has 0 radical (unpaired) electrons. The quantitative estimate of drug-likeness (QED) is 0.767. The van der Waals surface area contributed by atoms with Crippen LogP contribution in [0.3, 0.4) is 0 Å². The van der Waals surface area contributed by atoms with Crippen molar-refractivity contribution in [2.24, 2.45) is 0 Å². The standard InChI is InChI=1S/C12H17FN2O4/c1-6-5-15(10(17)14-8(6)16)9-11(3,13)12(4,18)7(2)19-9/h5,7,9,18H,1-4H3,(H,14,16,17)/t7-,9?,11+,12?/m1/s1. The van der Waals surface area contributed by atoms with Crippen LogP contribution >= 0.6 is 0 Å². The first-order valence-corrected chi connectivity index (χ1v) is 5.98. The molecule has 4 atom stereocenters. The average molecular weight is 272 g/mol. The van der Waals surface area contributed by atoms with E-state index >= 15 is 0 Å². The van der Waals surface area contributed by atoms with Gasteiger partial charge in [0.05, 0.1) is 6.10 Å². The van der Waals surface area contributed by atoms with Crippen LogP contribution in [-0.4, -0.2) is 32.0 Å². The topological polar surface area (TPSA) is 84.3 Å². The second-order valence-electron chi connectivity index (χ2n) is 5.33. The number of nitrogens with one attached hydrogen (secondary N) is 1. The normalized spacial score (nSPS) is 38.6. The van der Waals surface area contributed by atoms with Crippen LogP contribution in [0.1, 0.15) is 32.6 Å². The highest BCUT2D eigenvalue weighted by Crippen LogP contribution is 2.47. The third-order valence-corrected chi connectivity index (χ3v) is 3.98. The predicted octanol–water partition coefficient (Wildman–Crippen LogP) is 0.242. The molecule has 2 rings (SSSR count). The van der Waals surface area contributed by atoms with Crippen LogP contribution in [0.4, 0.5) is 4.39 Å². The fourth-order valence-corrected chi connectivity index (χ4v) is 2.19. The number of aromatic amines is 1. The fraction of sp³-hybridized carbons (Fsp3) is 0.667. The number of halogens is 1. The number of aromatic nitrogens is 2. The molecule has 0 saturated carbocycles. The largest absolute Gasteiger partial charge is 0.384 e. The van der Waals surface area contributed by atoms with Gasteiger partial charge in [-0.2, -0.15) is 0 Å². The molecule has 1 fully saturated rings. The van der Waals surface area contributed by atoms with Gasteiger partial charge < -0.3 is 9.84 Å². The van der Waals surface area contributed by atoms with Gasteiger partial charge in [0.1, 0.15) is 5.60 Å². The lowest BCUT2D eigenvalue weighted by atomic mass is 9.85. The number of aliphatic hydroxyl groups is 1. The van der Waals surface area contributed by atoms with Crippen molar-refractivity contribution in [1.82, 2.24) is 9.55 Å². The van der Waals surface area contributed by atoms with Crippen LogP contribution in [0.5, 0.6) is 0 Å². The van der Waals surface area contributed by atoms with E-state index in [1.165, 1.54) is 33.9 Å². The molecular formula is C12H17FN2O4. The molecule has 6 nitrogen and oxygen atoms in total. The van der Waals surface area contributed by atoms with Gasteiger partial charge in [0, 0.05) is 11.8 Å². The van der Waals surface area contributed by atoms with Crippen molar-refractivity contribution >= 4 is 0 Å². The molecule has 0 amide bonds. The Morgan fingerprint density at radius 3 is 2.53 bits per heavy atom. The van der Waals surface area contributed by atoms with Gasteiger partial charge in [-0.1, -0.05) is 0 Å². The third-order valence-electron chi connectivity index (χ3n) is 3.98. The minimum atomic E-state index is -2.17. The van der Waals surface area contributed by atoms with E-state index in [0.717, 1.165) is 4.57 Å². The molecule has 1 aliphatic rings. The summed E-state index contributed by atoms with van der Waals surface area (Å²) in [6.45, 7) is 5.53. The lowest BCUT2D eigenvalue weighted by molar-refractivity contribution is -0.0788. The number of aryl methyl sites for hydroxylation is 1. The van der Waals surface area contributed by atoms with Crippen LogP contribution in [0, 0.1) is 6.92 Å². The van der Waals surface area contributed by atoms with E-state index < -0.39 is 34.9 Å². The van der Waals surface area contributed by atoms with Gasteiger partial charge >= 0.3 is 5.69 Å². The molecule has 1 aliphatic heterocycles. The Kier molecular flexibility index (Phi) is 2.94. The third kappa shape index (κ3) is 1.84. The van der Waals surface area contributed by atoms with Gasteiger partial charge in [0.15, 0.2) is 11.9 Å². The average Bonchev–Trinajstić information content (AvgIpc) is 2.44. The van der Waals surface area contributed by atoms with E-state index in [1.54, 1.807) is 0 Å². The van der Waals surface area contributed by atoms with E-state index in [4.69, 9.17) is 4.74 Å². The van der Waals surface area contributed by atoms with Gasteiger partial charge in [0.2, 0.25) is 0 Å². The number of rotatable bonds is 1. The second kappa shape index (κ2) is 4.01. The highest BCUT2D eigenvalue weighted by molar-refractivity contribution is 5.10.